The molecule has 0 radical (unpaired) electrons. The fraction of sp³-hybridized carbons (Fsp3) is 0.667. The van der Waals surface area contributed by atoms with Gasteiger partial charge in [-0.05, 0) is 27.8 Å². The van der Waals surface area contributed by atoms with Gasteiger partial charge >= 0.3 is 0 Å². The number of rotatable bonds is 5. The molecular weight excluding hydrogens is 202 g/mol. The van der Waals surface area contributed by atoms with Crippen molar-refractivity contribution in [3.63, 3.8) is 0 Å². The molecule has 1 rings (SSSR count). The molecule has 0 bridgehead atoms. The summed E-state index contributed by atoms with van der Waals surface area (Å²) in [7, 11) is 1.96. The molecule has 16 heavy (non-hydrogen) atoms. The van der Waals surface area contributed by atoms with Crippen LogP contribution in [0.1, 0.15) is 37.9 Å². The van der Waals surface area contributed by atoms with E-state index in [2.05, 4.69) is 29.1 Å². The fourth-order valence-electron chi connectivity index (χ4n) is 1.67. The molecule has 1 aromatic rings. The Morgan fingerprint density at radius 3 is 2.62 bits per heavy atom. The van der Waals surface area contributed by atoms with Crippen molar-refractivity contribution in [2.75, 3.05) is 13.7 Å². The summed E-state index contributed by atoms with van der Waals surface area (Å²) >= 11 is 0. The van der Waals surface area contributed by atoms with Gasteiger partial charge < -0.3 is 10.1 Å². The van der Waals surface area contributed by atoms with Crippen LogP contribution in [0.5, 0.6) is 5.88 Å². The van der Waals surface area contributed by atoms with E-state index in [1.807, 2.05) is 20.9 Å². The quantitative estimate of drug-likeness (QED) is 0.828. The molecule has 2 atom stereocenters. The first kappa shape index (κ1) is 12.9. The number of hydrogen-bond donors (Lipinski definition) is 1. The van der Waals surface area contributed by atoms with Crippen LogP contribution < -0.4 is 10.1 Å². The van der Waals surface area contributed by atoms with Crippen LogP contribution in [0.2, 0.25) is 0 Å². The summed E-state index contributed by atoms with van der Waals surface area (Å²) in [6.07, 6.45) is 1.58. The first-order valence-electron chi connectivity index (χ1n) is 5.73. The van der Waals surface area contributed by atoms with Crippen molar-refractivity contribution in [2.24, 2.45) is 0 Å². The van der Waals surface area contributed by atoms with E-state index >= 15 is 0 Å². The smallest absolute Gasteiger partial charge is 0.219 e. The van der Waals surface area contributed by atoms with E-state index in [1.165, 1.54) is 0 Å². The van der Waals surface area contributed by atoms with Crippen molar-refractivity contribution in [3.8, 4) is 5.88 Å². The van der Waals surface area contributed by atoms with Gasteiger partial charge in [-0.3, -0.25) is 0 Å². The first-order valence-corrected chi connectivity index (χ1v) is 5.73. The van der Waals surface area contributed by atoms with Gasteiger partial charge in [-0.25, -0.2) is 9.97 Å². The molecule has 0 aliphatic carbocycles. The van der Waals surface area contributed by atoms with Crippen LogP contribution in [-0.2, 0) is 0 Å². The van der Waals surface area contributed by atoms with Crippen LogP contribution in [0.4, 0.5) is 0 Å². The average molecular weight is 223 g/mol. The second-order valence-electron chi connectivity index (χ2n) is 3.99. The topological polar surface area (TPSA) is 47.0 Å². The Labute approximate surface area is 97.5 Å². The molecule has 1 N–H and O–H groups in total. The maximum absolute atomic E-state index is 5.47. The van der Waals surface area contributed by atoms with Crippen molar-refractivity contribution in [3.05, 3.63) is 17.6 Å². The van der Waals surface area contributed by atoms with E-state index in [4.69, 9.17) is 4.74 Å². The fourth-order valence-corrected chi connectivity index (χ4v) is 1.67. The van der Waals surface area contributed by atoms with Crippen molar-refractivity contribution >= 4 is 0 Å². The van der Waals surface area contributed by atoms with Crippen LogP contribution in [0.3, 0.4) is 0 Å². The predicted molar refractivity (Wildman–Crippen MR) is 64.9 cm³/mol. The van der Waals surface area contributed by atoms with Gasteiger partial charge in [-0.15, -0.1) is 0 Å². The van der Waals surface area contributed by atoms with Crippen molar-refractivity contribution < 1.29 is 4.74 Å². The molecule has 0 fully saturated rings. The van der Waals surface area contributed by atoms with Gasteiger partial charge in [0.25, 0.3) is 0 Å². The van der Waals surface area contributed by atoms with E-state index in [0.29, 0.717) is 24.4 Å². The normalized spacial score (nSPS) is 14.6. The molecule has 1 heterocycles. The van der Waals surface area contributed by atoms with Gasteiger partial charge in [0.05, 0.1) is 12.3 Å². The lowest BCUT2D eigenvalue weighted by atomic mass is 9.96. The van der Waals surface area contributed by atoms with Gasteiger partial charge in [0.2, 0.25) is 5.88 Å². The minimum absolute atomic E-state index is 0.340. The summed E-state index contributed by atoms with van der Waals surface area (Å²) in [6.45, 7) is 8.91. The highest BCUT2D eigenvalue weighted by Gasteiger charge is 2.18. The molecule has 4 heteroatoms. The number of nitrogens with one attached hydrogen (secondary N) is 1. The summed E-state index contributed by atoms with van der Waals surface area (Å²) in [5, 5.41) is 3.24. The first-order chi connectivity index (χ1) is 7.61. The van der Waals surface area contributed by atoms with Gasteiger partial charge in [-0.2, -0.15) is 0 Å². The molecule has 0 aromatic carbocycles. The van der Waals surface area contributed by atoms with Gasteiger partial charge in [-0.1, -0.05) is 6.92 Å². The summed E-state index contributed by atoms with van der Waals surface area (Å²) < 4.78 is 5.47. The average Bonchev–Trinajstić information content (AvgIpc) is 2.30. The van der Waals surface area contributed by atoms with E-state index in [-0.39, 0.29) is 0 Å². The molecule has 4 nitrogen and oxygen atoms in total. The SMILES string of the molecule is CCOc1ncnc(C(C)C(C)NC)c1C. The maximum atomic E-state index is 5.47. The second-order valence-corrected chi connectivity index (χ2v) is 3.99. The number of hydrogen-bond acceptors (Lipinski definition) is 4. The van der Waals surface area contributed by atoms with Crippen LogP contribution >= 0.6 is 0 Å². The third-order valence-electron chi connectivity index (χ3n) is 2.99. The van der Waals surface area contributed by atoms with Crippen LogP contribution in [0.25, 0.3) is 0 Å². The minimum Gasteiger partial charge on any atom is -0.478 e. The summed E-state index contributed by atoms with van der Waals surface area (Å²) in [6, 6.07) is 0.378. The molecule has 0 saturated heterocycles. The molecule has 0 amide bonds. The molecular formula is C12H21N3O. The van der Waals surface area contributed by atoms with Crippen molar-refractivity contribution in [1.29, 1.82) is 0 Å². The zero-order valence-electron chi connectivity index (χ0n) is 10.7. The van der Waals surface area contributed by atoms with Gasteiger partial charge in [0, 0.05) is 17.5 Å². The van der Waals surface area contributed by atoms with Crippen molar-refractivity contribution in [1.82, 2.24) is 15.3 Å². The van der Waals surface area contributed by atoms with Gasteiger partial charge in [0.1, 0.15) is 6.33 Å². The van der Waals surface area contributed by atoms with Crippen LogP contribution in [0, 0.1) is 6.92 Å². The van der Waals surface area contributed by atoms with Crippen molar-refractivity contribution in [2.45, 2.75) is 39.7 Å². The number of ether oxygens (including phenoxy) is 1. The third-order valence-corrected chi connectivity index (χ3v) is 2.99. The minimum atomic E-state index is 0.340. The molecule has 0 aliphatic rings. The lowest BCUT2D eigenvalue weighted by Crippen LogP contribution is -2.28. The van der Waals surface area contributed by atoms with E-state index in [1.54, 1.807) is 6.33 Å². The zero-order valence-corrected chi connectivity index (χ0v) is 10.7. The molecule has 0 saturated carbocycles. The lowest BCUT2D eigenvalue weighted by molar-refractivity contribution is 0.322. The van der Waals surface area contributed by atoms with E-state index in [0.717, 1.165) is 11.3 Å². The molecule has 1 aromatic heterocycles. The summed E-state index contributed by atoms with van der Waals surface area (Å²) in [5.74, 6) is 1.04. The molecule has 90 valence electrons. The Balaban J connectivity index is 3.00. The number of likely N-dealkylation sites (N-methyl/N-ethyl adjacent to an activating group) is 1. The summed E-state index contributed by atoms with van der Waals surface area (Å²) in [4.78, 5) is 8.50. The van der Waals surface area contributed by atoms with Gasteiger partial charge in [0.15, 0.2) is 0 Å². The Morgan fingerprint density at radius 1 is 1.38 bits per heavy atom. The highest BCUT2D eigenvalue weighted by atomic mass is 16.5. The number of aromatic nitrogens is 2. The monoisotopic (exact) mass is 223 g/mol. The largest absolute Gasteiger partial charge is 0.478 e. The highest BCUT2D eigenvalue weighted by Crippen LogP contribution is 2.25. The Bertz CT molecular complexity index is 341. The van der Waals surface area contributed by atoms with Crippen LogP contribution in [0.15, 0.2) is 6.33 Å². The third kappa shape index (κ3) is 2.70. The highest BCUT2D eigenvalue weighted by molar-refractivity contribution is 5.30. The zero-order chi connectivity index (χ0) is 12.1. The standard InChI is InChI=1S/C12H21N3O/c1-6-16-12-9(3)11(14-7-15-12)8(2)10(4)13-5/h7-8,10,13H,6H2,1-5H3. The summed E-state index contributed by atoms with van der Waals surface area (Å²) in [5.41, 5.74) is 2.10. The Hall–Kier alpha value is -1.16. The molecule has 0 aliphatic heterocycles. The maximum Gasteiger partial charge on any atom is 0.219 e. The number of nitrogens with zero attached hydrogens (tertiary/aromatic N) is 2. The molecule has 0 spiro atoms. The Morgan fingerprint density at radius 2 is 2.06 bits per heavy atom. The molecule has 2 unspecified atom stereocenters. The van der Waals surface area contributed by atoms with Crippen LogP contribution in [-0.4, -0.2) is 29.7 Å². The Kier molecular flexibility index (Phi) is 4.68. The lowest BCUT2D eigenvalue weighted by Gasteiger charge is -2.21. The van der Waals surface area contributed by atoms with E-state index in [9.17, 15) is 0 Å². The van der Waals surface area contributed by atoms with E-state index < -0.39 is 0 Å². The predicted octanol–water partition coefficient (Wildman–Crippen LogP) is 1.90. The second kappa shape index (κ2) is 5.80.